The molecule has 0 aliphatic carbocycles. The highest BCUT2D eigenvalue weighted by molar-refractivity contribution is 5.76. The van der Waals surface area contributed by atoms with Crippen LogP contribution in [0.15, 0.2) is 13.2 Å². The van der Waals surface area contributed by atoms with Crippen molar-refractivity contribution in [2.24, 2.45) is 11.7 Å². The first-order valence-corrected chi connectivity index (χ1v) is 4.51. The average Bonchev–Trinajstić information content (AvgIpc) is 2.08. The molecular formula is C10H21NO. The summed E-state index contributed by atoms with van der Waals surface area (Å²) in [7, 11) is 0. The molecule has 0 unspecified atom stereocenters. The molecule has 0 aromatic rings. The first-order chi connectivity index (χ1) is 5.72. The third kappa shape index (κ3) is 7.32. The monoisotopic (exact) mass is 171 g/mol. The molecule has 72 valence electrons. The number of amides is 1. The molecule has 0 aromatic heterocycles. The molecule has 0 spiro atoms. The van der Waals surface area contributed by atoms with Gasteiger partial charge in [0.15, 0.2) is 0 Å². The Labute approximate surface area is 75.8 Å². The lowest BCUT2D eigenvalue weighted by Crippen LogP contribution is -2.22. The van der Waals surface area contributed by atoms with Gasteiger partial charge in [-0.25, -0.2) is 0 Å². The fourth-order valence-electron chi connectivity index (χ4n) is 1.13. The highest BCUT2D eigenvalue weighted by Gasteiger charge is 2.11. The van der Waals surface area contributed by atoms with Crippen molar-refractivity contribution < 1.29 is 4.79 Å². The number of rotatable bonds is 5. The minimum Gasteiger partial charge on any atom is -0.369 e. The normalized spacial score (nSPS) is 8.92. The SMILES string of the molecule is C=C.CCCC(CCC)C(N)=O. The van der Waals surface area contributed by atoms with Crippen LogP contribution < -0.4 is 5.73 Å². The Morgan fingerprint density at radius 1 is 1.25 bits per heavy atom. The maximum atomic E-state index is 10.7. The Kier molecular flexibility index (Phi) is 11.7. The molecule has 2 nitrogen and oxygen atoms in total. The Morgan fingerprint density at radius 3 is 1.75 bits per heavy atom. The average molecular weight is 171 g/mol. The van der Waals surface area contributed by atoms with Crippen molar-refractivity contribution in [2.45, 2.75) is 39.5 Å². The van der Waals surface area contributed by atoms with Gasteiger partial charge in [-0.1, -0.05) is 26.7 Å². The van der Waals surface area contributed by atoms with E-state index in [1.54, 1.807) is 0 Å². The van der Waals surface area contributed by atoms with E-state index in [0.717, 1.165) is 25.7 Å². The van der Waals surface area contributed by atoms with Crippen molar-refractivity contribution in [3.05, 3.63) is 13.2 Å². The number of carbonyl (C=O) groups excluding carboxylic acids is 1. The van der Waals surface area contributed by atoms with Crippen molar-refractivity contribution in [3.63, 3.8) is 0 Å². The lowest BCUT2D eigenvalue weighted by atomic mass is 9.98. The molecule has 0 bridgehead atoms. The van der Waals surface area contributed by atoms with Gasteiger partial charge < -0.3 is 5.73 Å². The quantitative estimate of drug-likeness (QED) is 0.634. The fraction of sp³-hybridized carbons (Fsp3) is 0.700. The van der Waals surface area contributed by atoms with Crippen LogP contribution in [0.5, 0.6) is 0 Å². The summed E-state index contributed by atoms with van der Waals surface area (Å²) in [6.07, 6.45) is 3.99. The van der Waals surface area contributed by atoms with Gasteiger partial charge in [0.1, 0.15) is 0 Å². The number of nitrogens with two attached hydrogens (primary N) is 1. The molecule has 1 amide bonds. The number of carbonyl (C=O) groups is 1. The largest absolute Gasteiger partial charge is 0.369 e. The molecular weight excluding hydrogens is 150 g/mol. The van der Waals surface area contributed by atoms with Crippen LogP contribution >= 0.6 is 0 Å². The van der Waals surface area contributed by atoms with Crippen LogP contribution in [0.2, 0.25) is 0 Å². The lowest BCUT2D eigenvalue weighted by molar-refractivity contribution is -0.122. The van der Waals surface area contributed by atoms with Gasteiger partial charge in [0.05, 0.1) is 0 Å². The minimum atomic E-state index is -0.135. The summed E-state index contributed by atoms with van der Waals surface area (Å²) >= 11 is 0. The molecule has 0 aromatic carbocycles. The second kappa shape index (κ2) is 10.2. The summed E-state index contributed by atoms with van der Waals surface area (Å²) in [6.45, 7) is 10.1. The topological polar surface area (TPSA) is 43.1 Å². The smallest absolute Gasteiger partial charge is 0.220 e. The predicted octanol–water partition coefficient (Wildman–Crippen LogP) is 2.49. The van der Waals surface area contributed by atoms with E-state index >= 15 is 0 Å². The molecule has 0 heterocycles. The van der Waals surface area contributed by atoms with E-state index in [9.17, 15) is 4.79 Å². The molecule has 0 saturated heterocycles. The van der Waals surface area contributed by atoms with Gasteiger partial charge in [-0.15, -0.1) is 13.2 Å². The summed E-state index contributed by atoms with van der Waals surface area (Å²) in [5.41, 5.74) is 5.17. The van der Waals surface area contributed by atoms with E-state index in [1.165, 1.54) is 0 Å². The molecule has 0 atom stereocenters. The van der Waals surface area contributed by atoms with E-state index in [1.807, 2.05) is 0 Å². The molecule has 0 rings (SSSR count). The second-order valence-corrected chi connectivity index (χ2v) is 2.68. The van der Waals surface area contributed by atoms with Crippen molar-refractivity contribution in [1.82, 2.24) is 0 Å². The summed E-state index contributed by atoms with van der Waals surface area (Å²) in [4.78, 5) is 10.7. The Morgan fingerprint density at radius 2 is 1.58 bits per heavy atom. The predicted molar refractivity (Wildman–Crippen MR) is 53.8 cm³/mol. The molecule has 0 fully saturated rings. The van der Waals surface area contributed by atoms with Crippen molar-refractivity contribution >= 4 is 5.91 Å². The van der Waals surface area contributed by atoms with Crippen LogP contribution in [-0.2, 0) is 4.79 Å². The second-order valence-electron chi connectivity index (χ2n) is 2.68. The van der Waals surface area contributed by atoms with Crippen LogP contribution in [0.1, 0.15) is 39.5 Å². The van der Waals surface area contributed by atoms with Crippen LogP contribution in [-0.4, -0.2) is 5.91 Å². The standard InChI is InChI=1S/C8H17NO.C2H4/c1-3-5-7(6-4-2)8(9)10;1-2/h7H,3-6H2,1-2H3,(H2,9,10);1-2H2. The number of primary amides is 1. The third-order valence-corrected chi connectivity index (χ3v) is 1.68. The molecule has 12 heavy (non-hydrogen) atoms. The van der Waals surface area contributed by atoms with Gasteiger partial charge in [-0.05, 0) is 12.8 Å². The zero-order valence-corrected chi connectivity index (χ0v) is 8.31. The van der Waals surface area contributed by atoms with E-state index in [-0.39, 0.29) is 11.8 Å². The number of hydrogen-bond donors (Lipinski definition) is 1. The Hall–Kier alpha value is -0.790. The van der Waals surface area contributed by atoms with Gasteiger partial charge in [-0.2, -0.15) is 0 Å². The highest BCUT2D eigenvalue weighted by Crippen LogP contribution is 2.11. The summed E-state index contributed by atoms with van der Waals surface area (Å²) in [6, 6.07) is 0. The minimum absolute atomic E-state index is 0.120. The molecule has 0 aliphatic rings. The summed E-state index contributed by atoms with van der Waals surface area (Å²) in [5, 5.41) is 0. The highest BCUT2D eigenvalue weighted by atomic mass is 16.1. The van der Waals surface area contributed by atoms with Crippen molar-refractivity contribution in [2.75, 3.05) is 0 Å². The van der Waals surface area contributed by atoms with E-state index in [4.69, 9.17) is 5.73 Å². The zero-order chi connectivity index (χ0) is 9.98. The first-order valence-electron chi connectivity index (χ1n) is 4.51. The van der Waals surface area contributed by atoms with Gasteiger partial charge in [0.25, 0.3) is 0 Å². The summed E-state index contributed by atoms with van der Waals surface area (Å²) in [5.74, 6) is -0.0151. The third-order valence-electron chi connectivity index (χ3n) is 1.68. The van der Waals surface area contributed by atoms with Gasteiger partial charge in [-0.3, -0.25) is 4.79 Å². The molecule has 2 heteroatoms. The molecule has 2 N–H and O–H groups in total. The van der Waals surface area contributed by atoms with Gasteiger partial charge >= 0.3 is 0 Å². The van der Waals surface area contributed by atoms with Gasteiger partial charge in [0, 0.05) is 5.92 Å². The Balaban J connectivity index is 0. The Bertz CT molecular complexity index is 106. The first kappa shape index (κ1) is 13.8. The van der Waals surface area contributed by atoms with Gasteiger partial charge in [0.2, 0.25) is 5.91 Å². The van der Waals surface area contributed by atoms with Crippen molar-refractivity contribution in [1.29, 1.82) is 0 Å². The molecule has 0 radical (unpaired) electrons. The van der Waals surface area contributed by atoms with Crippen LogP contribution in [0.25, 0.3) is 0 Å². The maximum absolute atomic E-state index is 10.7. The van der Waals surface area contributed by atoms with Crippen molar-refractivity contribution in [3.8, 4) is 0 Å². The van der Waals surface area contributed by atoms with Crippen LogP contribution in [0.4, 0.5) is 0 Å². The van der Waals surface area contributed by atoms with E-state index in [2.05, 4.69) is 27.0 Å². The number of hydrogen-bond acceptors (Lipinski definition) is 1. The fourth-order valence-corrected chi connectivity index (χ4v) is 1.13. The van der Waals surface area contributed by atoms with E-state index < -0.39 is 0 Å². The van der Waals surface area contributed by atoms with Crippen LogP contribution in [0.3, 0.4) is 0 Å². The van der Waals surface area contributed by atoms with E-state index in [0.29, 0.717) is 0 Å². The molecule has 0 aliphatic heterocycles. The zero-order valence-electron chi connectivity index (χ0n) is 8.31. The summed E-state index contributed by atoms with van der Waals surface area (Å²) < 4.78 is 0. The molecule has 0 saturated carbocycles. The lowest BCUT2D eigenvalue weighted by Gasteiger charge is -2.09. The maximum Gasteiger partial charge on any atom is 0.220 e. The van der Waals surface area contributed by atoms with Crippen LogP contribution in [0, 0.1) is 5.92 Å².